The zero-order chi connectivity index (χ0) is 15.5. The molecule has 2 heterocycles. The van der Waals surface area contributed by atoms with E-state index in [0.717, 1.165) is 23.7 Å². The van der Waals surface area contributed by atoms with Crippen molar-refractivity contribution < 1.29 is 9.53 Å². The molecule has 22 heavy (non-hydrogen) atoms. The summed E-state index contributed by atoms with van der Waals surface area (Å²) in [7, 11) is 1.71. The number of amides is 1. The van der Waals surface area contributed by atoms with Crippen molar-refractivity contribution in [2.75, 3.05) is 20.2 Å². The zero-order valence-corrected chi connectivity index (χ0v) is 12.7. The largest absolute Gasteiger partial charge is 0.381 e. The summed E-state index contributed by atoms with van der Waals surface area (Å²) < 4.78 is 5.41. The van der Waals surface area contributed by atoms with Gasteiger partial charge in [0.15, 0.2) is 0 Å². The third kappa shape index (κ3) is 2.82. The Bertz CT molecular complexity index is 674. The number of ether oxygens (including phenoxy) is 1. The molecule has 0 radical (unpaired) electrons. The van der Waals surface area contributed by atoms with E-state index in [0.29, 0.717) is 18.7 Å². The van der Waals surface area contributed by atoms with Crippen LogP contribution in [0.15, 0.2) is 36.5 Å². The Labute approximate surface area is 130 Å². The number of aromatic nitrogens is 1. The molecule has 0 aliphatic carbocycles. The van der Waals surface area contributed by atoms with Crippen LogP contribution in [-0.2, 0) is 4.74 Å². The number of carbonyl (C=O) groups is 1. The number of pyridine rings is 1. The molecule has 2 N–H and O–H groups in total. The molecule has 0 bridgehead atoms. The van der Waals surface area contributed by atoms with Crippen LogP contribution >= 0.6 is 0 Å². The maximum absolute atomic E-state index is 12.8. The Morgan fingerprint density at radius 1 is 1.45 bits per heavy atom. The number of rotatable bonds is 3. The summed E-state index contributed by atoms with van der Waals surface area (Å²) in [6.45, 7) is 1.14. The van der Waals surface area contributed by atoms with Crippen LogP contribution < -0.4 is 5.73 Å². The molecule has 116 valence electrons. The second-order valence-corrected chi connectivity index (χ2v) is 5.68. The normalized spacial score (nSPS) is 22.0. The van der Waals surface area contributed by atoms with Crippen molar-refractivity contribution in [1.29, 1.82) is 0 Å². The summed E-state index contributed by atoms with van der Waals surface area (Å²) >= 11 is 0. The molecule has 2 atom stereocenters. The van der Waals surface area contributed by atoms with E-state index in [2.05, 4.69) is 4.98 Å². The van der Waals surface area contributed by atoms with Gasteiger partial charge in [0.05, 0.1) is 11.6 Å². The Morgan fingerprint density at radius 3 is 3.09 bits per heavy atom. The molecule has 1 aromatic heterocycles. The fourth-order valence-corrected chi connectivity index (χ4v) is 3.09. The van der Waals surface area contributed by atoms with Gasteiger partial charge in [0.25, 0.3) is 5.91 Å². The maximum atomic E-state index is 12.8. The van der Waals surface area contributed by atoms with Crippen molar-refractivity contribution in [1.82, 2.24) is 9.88 Å². The van der Waals surface area contributed by atoms with Gasteiger partial charge in [-0.25, -0.2) is 0 Å². The summed E-state index contributed by atoms with van der Waals surface area (Å²) in [5.74, 6) is 0.0377. The zero-order valence-electron chi connectivity index (χ0n) is 12.7. The van der Waals surface area contributed by atoms with Crippen molar-refractivity contribution >= 4 is 16.8 Å². The van der Waals surface area contributed by atoms with Gasteiger partial charge in [-0.2, -0.15) is 0 Å². The third-order valence-electron chi connectivity index (χ3n) is 4.38. The minimum absolute atomic E-state index is 0.0377. The molecule has 1 saturated heterocycles. The van der Waals surface area contributed by atoms with Crippen LogP contribution in [0.2, 0.25) is 0 Å². The Kier molecular flexibility index (Phi) is 4.36. The molecule has 5 nitrogen and oxygen atoms in total. The quantitative estimate of drug-likeness (QED) is 0.938. The first-order chi connectivity index (χ1) is 10.7. The highest BCUT2D eigenvalue weighted by Gasteiger charge is 2.31. The van der Waals surface area contributed by atoms with Crippen LogP contribution in [-0.4, -0.2) is 48.1 Å². The fourth-order valence-electron chi connectivity index (χ4n) is 3.09. The van der Waals surface area contributed by atoms with E-state index in [4.69, 9.17) is 10.5 Å². The van der Waals surface area contributed by atoms with Gasteiger partial charge in [-0.3, -0.25) is 9.78 Å². The highest BCUT2D eigenvalue weighted by Crippen LogP contribution is 2.22. The molecule has 3 rings (SSSR count). The molecular formula is C17H21N3O2. The highest BCUT2D eigenvalue weighted by atomic mass is 16.5. The van der Waals surface area contributed by atoms with Gasteiger partial charge < -0.3 is 15.4 Å². The van der Waals surface area contributed by atoms with Crippen molar-refractivity contribution in [2.24, 2.45) is 5.73 Å². The predicted octanol–water partition coefficient (Wildman–Crippen LogP) is 1.81. The molecule has 1 aliphatic rings. The number of fused-ring (bicyclic) bond motifs is 1. The van der Waals surface area contributed by atoms with Crippen LogP contribution in [0.4, 0.5) is 0 Å². The lowest BCUT2D eigenvalue weighted by Crippen LogP contribution is -2.51. The Morgan fingerprint density at radius 2 is 2.32 bits per heavy atom. The lowest BCUT2D eigenvalue weighted by molar-refractivity contribution is 0.0139. The number of nitrogens with two attached hydrogens (primary N) is 1. The van der Waals surface area contributed by atoms with Gasteiger partial charge in [0, 0.05) is 43.4 Å². The summed E-state index contributed by atoms with van der Waals surface area (Å²) in [4.78, 5) is 19.0. The highest BCUT2D eigenvalue weighted by molar-refractivity contribution is 5.98. The number of hydrogen-bond acceptors (Lipinski definition) is 4. The van der Waals surface area contributed by atoms with Crippen LogP contribution in [0.3, 0.4) is 0 Å². The van der Waals surface area contributed by atoms with Gasteiger partial charge in [0.2, 0.25) is 0 Å². The third-order valence-corrected chi connectivity index (χ3v) is 4.38. The van der Waals surface area contributed by atoms with E-state index in [-0.39, 0.29) is 18.1 Å². The SMILES string of the molecule is COC1CCN(C(=O)c2ccc3ncccc3c2)C(CN)C1. The number of benzene rings is 1. The Hall–Kier alpha value is -1.98. The minimum Gasteiger partial charge on any atom is -0.381 e. The fraction of sp³-hybridized carbons (Fsp3) is 0.412. The van der Waals surface area contributed by atoms with E-state index in [1.54, 1.807) is 13.3 Å². The number of carbonyl (C=O) groups excluding carboxylic acids is 1. The van der Waals surface area contributed by atoms with E-state index < -0.39 is 0 Å². The number of likely N-dealkylation sites (tertiary alicyclic amines) is 1. The predicted molar refractivity (Wildman–Crippen MR) is 85.7 cm³/mol. The molecule has 2 unspecified atom stereocenters. The molecule has 2 aromatic rings. The van der Waals surface area contributed by atoms with Gasteiger partial charge in [-0.15, -0.1) is 0 Å². The van der Waals surface area contributed by atoms with Crippen LogP contribution in [0.1, 0.15) is 23.2 Å². The molecular weight excluding hydrogens is 278 g/mol. The summed E-state index contributed by atoms with van der Waals surface area (Å²) in [5, 5.41) is 0.976. The van der Waals surface area contributed by atoms with Crippen molar-refractivity contribution in [3.63, 3.8) is 0 Å². The first kappa shape index (κ1) is 14.9. The number of nitrogens with zero attached hydrogens (tertiary/aromatic N) is 2. The molecule has 1 aliphatic heterocycles. The summed E-state index contributed by atoms with van der Waals surface area (Å²) in [5.41, 5.74) is 7.44. The summed E-state index contributed by atoms with van der Waals surface area (Å²) in [6.07, 6.45) is 3.60. The average molecular weight is 299 g/mol. The minimum atomic E-state index is 0.0377. The first-order valence-corrected chi connectivity index (χ1v) is 7.61. The van der Waals surface area contributed by atoms with E-state index in [1.807, 2.05) is 35.2 Å². The lowest BCUT2D eigenvalue weighted by Gasteiger charge is -2.38. The van der Waals surface area contributed by atoms with Gasteiger partial charge in [-0.05, 0) is 37.1 Å². The van der Waals surface area contributed by atoms with E-state index in [9.17, 15) is 4.79 Å². The Balaban J connectivity index is 1.85. The molecule has 5 heteroatoms. The topological polar surface area (TPSA) is 68.5 Å². The van der Waals surface area contributed by atoms with Gasteiger partial charge >= 0.3 is 0 Å². The first-order valence-electron chi connectivity index (χ1n) is 7.61. The second-order valence-electron chi connectivity index (χ2n) is 5.68. The van der Waals surface area contributed by atoms with E-state index >= 15 is 0 Å². The molecule has 1 fully saturated rings. The van der Waals surface area contributed by atoms with Crippen LogP contribution in [0, 0.1) is 0 Å². The molecule has 0 spiro atoms. The smallest absolute Gasteiger partial charge is 0.254 e. The molecule has 0 saturated carbocycles. The van der Waals surface area contributed by atoms with Crippen molar-refractivity contribution in [2.45, 2.75) is 25.0 Å². The second kappa shape index (κ2) is 6.42. The standard InChI is InChI=1S/C17H21N3O2/c1-22-15-6-8-20(14(10-15)11-18)17(21)13-4-5-16-12(9-13)3-2-7-19-16/h2-5,7,9,14-15H,6,8,10-11,18H2,1H3. The number of hydrogen-bond donors (Lipinski definition) is 1. The van der Waals surface area contributed by atoms with Gasteiger partial charge in [-0.1, -0.05) is 6.07 Å². The van der Waals surface area contributed by atoms with Gasteiger partial charge in [0.1, 0.15) is 0 Å². The van der Waals surface area contributed by atoms with Crippen molar-refractivity contribution in [3.8, 4) is 0 Å². The van der Waals surface area contributed by atoms with Crippen LogP contribution in [0.25, 0.3) is 10.9 Å². The summed E-state index contributed by atoms with van der Waals surface area (Å²) in [6, 6.07) is 9.52. The molecule has 1 aromatic carbocycles. The number of methoxy groups -OCH3 is 1. The van der Waals surface area contributed by atoms with E-state index in [1.165, 1.54) is 0 Å². The monoisotopic (exact) mass is 299 g/mol. The maximum Gasteiger partial charge on any atom is 0.254 e. The lowest BCUT2D eigenvalue weighted by atomic mass is 9.98. The van der Waals surface area contributed by atoms with Crippen molar-refractivity contribution in [3.05, 3.63) is 42.1 Å². The molecule has 1 amide bonds. The van der Waals surface area contributed by atoms with Crippen LogP contribution in [0.5, 0.6) is 0 Å². The number of piperidine rings is 1. The average Bonchev–Trinajstić information content (AvgIpc) is 2.60.